The number of nitrogens with one attached hydrogen (secondary N) is 2. The zero-order chi connectivity index (χ0) is 22.2. The lowest BCUT2D eigenvalue weighted by atomic mass is 9.84. The van der Waals surface area contributed by atoms with E-state index in [0.29, 0.717) is 0 Å². The number of H-pyrrole nitrogens is 1. The third kappa shape index (κ3) is 4.08. The SMILES string of the molecule is CC(C)(C)[C@H](CC(=O)O)Nc1nc(-c2c[nH]c3c(F)cc(F)cc23)c(C#N)cc1F. The number of carboxylic acid groups (broad SMARTS) is 1. The molecular weight excluding hydrogens is 397 g/mol. The third-order valence-corrected chi connectivity index (χ3v) is 4.79. The maximum atomic E-state index is 14.6. The highest BCUT2D eigenvalue weighted by atomic mass is 19.1. The van der Waals surface area contributed by atoms with E-state index < -0.39 is 34.9 Å². The molecule has 0 aliphatic rings. The van der Waals surface area contributed by atoms with E-state index in [4.69, 9.17) is 0 Å². The van der Waals surface area contributed by atoms with Gasteiger partial charge in [0.05, 0.1) is 23.2 Å². The second-order valence-electron chi connectivity index (χ2n) is 8.00. The first-order chi connectivity index (χ1) is 14.0. The molecule has 3 N–H and O–H groups in total. The summed E-state index contributed by atoms with van der Waals surface area (Å²) in [5.74, 6) is -3.79. The zero-order valence-corrected chi connectivity index (χ0v) is 16.5. The quantitative estimate of drug-likeness (QED) is 0.553. The summed E-state index contributed by atoms with van der Waals surface area (Å²) in [5, 5.41) is 21.6. The van der Waals surface area contributed by atoms with E-state index in [0.717, 1.165) is 18.2 Å². The Morgan fingerprint density at radius 1 is 1.27 bits per heavy atom. The molecule has 0 saturated carbocycles. The van der Waals surface area contributed by atoms with Crippen LogP contribution in [0.1, 0.15) is 32.8 Å². The number of aromatic nitrogens is 2. The van der Waals surface area contributed by atoms with E-state index in [2.05, 4.69) is 15.3 Å². The Balaban J connectivity index is 2.16. The molecule has 0 amide bonds. The highest BCUT2D eigenvalue weighted by molar-refractivity contribution is 5.96. The van der Waals surface area contributed by atoms with Crippen LogP contribution in [0, 0.1) is 34.2 Å². The summed E-state index contributed by atoms with van der Waals surface area (Å²) < 4.78 is 42.4. The van der Waals surface area contributed by atoms with Crippen molar-refractivity contribution >= 4 is 22.7 Å². The number of carbonyl (C=O) groups is 1. The molecule has 0 aliphatic carbocycles. The number of fused-ring (bicyclic) bond motifs is 1. The van der Waals surface area contributed by atoms with Crippen LogP contribution in [-0.4, -0.2) is 27.1 Å². The second-order valence-corrected chi connectivity index (χ2v) is 8.00. The van der Waals surface area contributed by atoms with Gasteiger partial charge in [-0.1, -0.05) is 20.8 Å². The fourth-order valence-electron chi connectivity index (χ4n) is 3.14. The van der Waals surface area contributed by atoms with Gasteiger partial charge in [-0.05, 0) is 17.5 Å². The molecule has 0 radical (unpaired) electrons. The fourth-order valence-corrected chi connectivity index (χ4v) is 3.14. The van der Waals surface area contributed by atoms with Gasteiger partial charge in [0.2, 0.25) is 0 Å². The lowest BCUT2D eigenvalue weighted by Gasteiger charge is -2.31. The highest BCUT2D eigenvalue weighted by Crippen LogP contribution is 2.34. The van der Waals surface area contributed by atoms with Gasteiger partial charge in [0.15, 0.2) is 11.6 Å². The predicted molar refractivity (Wildman–Crippen MR) is 105 cm³/mol. The first-order valence-electron chi connectivity index (χ1n) is 9.06. The van der Waals surface area contributed by atoms with E-state index in [9.17, 15) is 28.3 Å². The van der Waals surface area contributed by atoms with Crippen molar-refractivity contribution in [2.45, 2.75) is 33.2 Å². The Bertz CT molecular complexity index is 1180. The summed E-state index contributed by atoms with van der Waals surface area (Å²) in [5.41, 5.74) is -0.425. The van der Waals surface area contributed by atoms with Gasteiger partial charge in [-0.25, -0.2) is 18.2 Å². The van der Waals surface area contributed by atoms with Crippen molar-refractivity contribution in [3.8, 4) is 17.3 Å². The Kier molecular flexibility index (Phi) is 5.44. The number of halogens is 3. The summed E-state index contributed by atoms with van der Waals surface area (Å²) in [4.78, 5) is 18.1. The first-order valence-corrected chi connectivity index (χ1v) is 9.06. The number of anilines is 1. The number of aliphatic carboxylic acids is 1. The van der Waals surface area contributed by atoms with Crippen LogP contribution >= 0.6 is 0 Å². The molecule has 3 aromatic rings. The van der Waals surface area contributed by atoms with Crippen molar-refractivity contribution in [2.75, 3.05) is 5.32 Å². The van der Waals surface area contributed by atoms with E-state index in [1.807, 2.05) is 6.07 Å². The molecule has 0 unspecified atom stereocenters. The van der Waals surface area contributed by atoms with Gasteiger partial charge in [-0.2, -0.15) is 5.26 Å². The second kappa shape index (κ2) is 7.71. The van der Waals surface area contributed by atoms with E-state index in [1.54, 1.807) is 20.8 Å². The lowest BCUT2D eigenvalue weighted by molar-refractivity contribution is -0.137. The normalized spacial score (nSPS) is 12.6. The molecule has 6 nitrogen and oxygen atoms in total. The van der Waals surface area contributed by atoms with Crippen molar-refractivity contribution in [1.29, 1.82) is 5.26 Å². The minimum Gasteiger partial charge on any atom is -0.481 e. The largest absolute Gasteiger partial charge is 0.481 e. The molecule has 3 rings (SSSR count). The number of carboxylic acids is 1. The standard InChI is InChI=1S/C21H19F3N4O2/c1-21(2,3)16(7-17(29)30)27-20-15(24)4-10(8-25)18(28-20)13-9-26-19-12(13)5-11(22)6-14(19)23/h4-6,9,16,26H,7H2,1-3H3,(H,27,28)(H,29,30)/t16-/m0/s1. The van der Waals surface area contributed by atoms with Crippen LogP contribution in [0.25, 0.3) is 22.2 Å². The fraction of sp³-hybridized carbons (Fsp3) is 0.286. The maximum Gasteiger partial charge on any atom is 0.305 e. The smallest absolute Gasteiger partial charge is 0.305 e. The highest BCUT2D eigenvalue weighted by Gasteiger charge is 2.29. The van der Waals surface area contributed by atoms with E-state index in [1.165, 1.54) is 6.20 Å². The minimum absolute atomic E-state index is 0.0145. The molecule has 0 fully saturated rings. The first kappa shape index (κ1) is 21.2. The van der Waals surface area contributed by atoms with Crippen LogP contribution < -0.4 is 5.32 Å². The predicted octanol–water partition coefficient (Wildman–Crippen LogP) is 4.82. The molecule has 0 spiro atoms. The van der Waals surface area contributed by atoms with Crippen LogP contribution in [0.15, 0.2) is 24.4 Å². The van der Waals surface area contributed by atoms with Crippen molar-refractivity contribution in [3.05, 3.63) is 47.4 Å². The number of hydrogen-bond acceptors (Lipinski definition) is 4. The molecular formula is C21H19F3N4O2. The van der Waals surface area contributed by atoms with Gasteiger partial charge in [0, 0.05) is 29.3 Å². The monoisotopic (exact) mass is 416 g/mol. The van der Waals surface area contributed by atoms with Gasteiger partial charge in [-0.15, -0.1) is 0 Å². The number of nitriles is 1. The number of rotatable bonds is 5. The van der Waals surface area contributed by atoms with Gasteiger partial charge in [-0.3, -0.25) is 4.79 Å². The van der Waals surface area contributed by atoms with Crippen LogP contribution in [0.5, 0.6) is 0 Å². The Morgan fingerprint density at radius 2 is 1.97 bits per heavy atom. The molecule has 1 aromatic carbocycles. The van der Waals surface area contributed by atoms with Gasteiger partial charge in [0.1, 0.15) is 17.7 Å². The molecule has 156 valence electrons. The molecule has 2 aromatic heterocycles. The molecule has 0 saturated heterocycles. The third-order valence-electron chi connectivity index (χ3n) is 4.79. The molecule has 9 heteroatoms. The van der Waals surface area contributed by atoms with Gasteiger partial charge < -0.3 is 15.4 Å². The van der Waals surface area contributed by atoms with Crippen molar-refractivity contribution in [1.82, 2.24) is 9.97 Å². The number of aromatic amines is 1. The zero-order valence-electron chi connectivity index (χ0n) is 16.5. The summed E-state index contributed by atoms with van der Waals surface area (Å²) in [6.07, 6.45) is 1.07. The van der Waals surface area contributed by atoms with Crippen molar-refractivity contribution in [3.63, 3.8) is 0 Å². The molecule has 0 aliphatic heterocycles. The van der Waals surface area contributed by atoms with Crippen molar-refractivity contribution < 1.29 is 23.1 Å². The van der Waals surface area contributed by atoms with Crippen molar-refractivity contribution in [2.24, 2.45) is 5.41 Å². The number of benzene rings is 1. The minimum atomic E-state index is -1.07. The van der Waals surface area contributed by atoms with E-state index in [-0.39, 0.29) is 40.0 Å². The average molecular weight is 416 g/mol. The van der Waals surface area contributed by atoms with Crippen LogP contribution in [0.4, 0.5) is 19.0 Å². The van der Waals surface area contributed by atoms with Gasteiger partial charge >= 0.3 is 5.97 Å². The topological polar surface area (TPSA) is 102 Å². The maximum absolute atomic E-state index is 14.6. The molecule has 0 bridgehead atoms. The summed E-state index contributed by atoms with van der Waals surface area (Å²) >= 11 is 0. The number of hydrogen-bond donors (Lipinski definition) is 3. The molecule has 1 atom stereocenters. The molecule has 30 heavy (non-hydrogen) atoms. The average Bonchev–Trinajstić information content (AvgIpc) is 3.05. The van der Waals surface area contributed by atoms with Crippen LogP contribution in [-0.2, 0) is 4.79 Å². The summed E-state index contributed by atoms with van der Waals surface area (Å²) in [6, 6.07) is 3.93. The molecule has 2 heterocycles. The number of pyridine rings is 1. The van der Waals surface area contributed by atoms with Crippen LogP contribution in [0.3, 0.4) is 0 Å². The van der Waals surface area contributed by atoms with E-state index >= 15 is 0 Å². The van der Waals surface area contributed by atoms with Crippen LogP contribution in [0.2, 0.25) is 0 Å². The lowest BCUT2D eigenvalue weighted by Crippen LogP contribution is -2.36. The summed E-state index contributed by atoms with van der Waals surface area (Å²) in [6.45, 7) is 5.38. The Morgan fingerprint density at radius 3 is 2.57 bits per heavy atom. The Labute approximate surface area is 170 Å². The van der Waals surface area contributed by atoms with Gasteiger partial charge in [0.25, 0.3) is 0 Å². The Hall–Kier alpha value is -3.54. The number of nitrogens with zero attached hydrogens (tertiary/aromatic N) is 2. The summed E-state index contributed by atoms with van der Waals surface area (Å²) in [7, 11) is 0.